The first-order chi connectivity index (χ1) is 11.0. The molecule has 0 heterocycles. The fraction of sp³-hybridized carbons (Fsp3) is 0.900. The van der Waals surface area contributed by atoms with E-state index in [0.717, 1.165) is 0 Å². The highest BCUT2D eigenvalue weighted by molar-refractivity contribution is 7.92. The van der Waals surface area contributed by atoms with Crippen molar-refractivity contribution in [3.8, 4) is 12.0 Å². The minimum absolute atomic E-state index is 1.33. The zero-order valence-corrected chi connectivity index (χ0v) is 22.4. The fourth-order valence-corrected chi connectivity index (χ4v) is 98.4. The van der Waals surface area contributed by atoms with Gasteiger partial charge in [-0.1, -0.05) is 117 Å². The van der Waals surface area contributed by atoms with E-state index in [9.17, 15) is 0 Å². The Hall–Kier alpha value is 0.428. The third-order valence-corrected chi connectivity index (χ3v) is 76.4. The van der Waals surface area contributed by atoms with Crippen molar-refractivity contribution < 1.29 is 0 Å². The minimum Gasteiger partial charge on any atom is -0.144 e. The molecule has 0 bridgehead atoms. The van der Waals surface area contributed by atoms with E-state index < -0.39 is 29.4 Å². The van der Waals surface area contributed by atoms with Crippen LogP contribution in [0.15, 0.2) is 0 Å². The Morgan fingerprint density at radius 2 is 0.833 bits per heavy atom. The van der Waals surface area contributed by atoms with Crippen molar-refractivity contribution in [2.24, 2.45) is 0 Å². The van der Waals surface area contributed by atoms with Crippen molar-refractivity contribution in [3.05, 3.63) is 0 Å². The smallest absolute Gasteiger partial charge is 0.114 e. The lowest BCUT2D eigenvalue weighted by molar-refractivity contribution is 0.866. The number of hydrogen-bond acceptors (Lipinski definition) is 0. The molecule has 0 radical (unpaired) electrons. The molecule has 0 N–H and O–H groups in total. The minimum atomic E-state index is -1.62. The van der Waals surface area contributed by atoms with E-state index in [-0.39, 0.29) is 0 Å². The van der Waals surface area contributed by atoms with Gasteiger partial charge in [-0.05, 0) is 0 Å². The van der Waals surface area contributed by atoms with Gasteiger partial charge in [0.25, 0.3) is 0 Å². The van der Waals surface area contributed by atoms with Crippen molar-refractivity contribution in [2.75, 3.05) is 0 Å². The maximum Gasteiger partial charge on any atom is 0.114 e. The van der Waals surface area contributed by atoms with Crippen molar-refractivity contribution in [3.63, 3.8) is 0 Å². The molecule has 0 saturated heterocycles. The quantitative estimate of drug-likeness (QED) is 0.238. The monoisotopic (exact) mass is 398 g/mol. The summed E-state index contributed by atoms with van der Waals surface area (Å²) < 4.78 is 0. The molecule has 0 aliphatic carbocycles. The Morgan fingerprint density at radius 1 is 0.583 bits per heavy atom. The van der Waals surface area contributed by atoms with Crippen LogP contribution >= 0.6 is 0 Å². The second-order valence-corrected chi connectivity index (χ2v) is 47.9. The van der Waals surface area contributed by atoms with Crippen molar-refractivity contribution in [2.45, 2.75) is 117 Å². The first-order valence-electron chi connectivity index (χ1n) is 10.5. The number of rotatable bonds is 12. The molecule has 0 nitrogen and oxygen atoms in total. The molecule has 24 heavy (non-hydrogen) atoms. The van der Waals surface area contributed by atoms with Crippen molar-refractivity contribution in [1.82, 2.24) is 0 Å². The van der Waals surface area contributed by atoms with E-state index in [4.69, 9.17) is 6.42 Å². The molecule has 0 unspecified atom stereocenters. The predicted octanol–water partition coefficient (Wildman–Crippen LogP) is 7.37. The maximum atomic E-state index is 6.60. The Labute approximate surface area is 158 Å². The lowest BCUT2D eigenvalue weighted by Gasteiger charge is -2.57. The first-order valence-corrected chi connectivity index (χ1v) is 25.1. The van der Waals surface area contributed by atoms with Crippen LogP contribution in [0.4, 0.5) is 0 Å². The number of terminal acetylenes is 1. The molecule has 0 aromatic carbocycles. The normalized spacial score (nSPS) is 13.8. The van der Waals surface area contributed by atoms with E-state index in [0.29, 0.717) is 0 Å². The van der Waals surface area contributed by atoms with Gasteiger partial charge in [-0.2, -0.15) is 0 Å². The van der Waals surface area contributed by atoms with E-state index in [1.807, 2.05) is 0 Å². The lowest BCUT2D eigenvalue weighted by Crippen LogP contribution is -2.84. The second-order valence-electron chi connectivity index (χ2n) is 9.86. The predicted molar refractivity (Wildman–Crippen MR) is 126 cm³/mol. The molecular formula is C20H46Si4. The Bertz CT molecular complexity index is 354. The molecule has 0 aromatic rings. The summed E-state index contributed by atoms with van der Waals surface area (Å²) in [5.74, 6) is 0. The molecule has 0 aromatic heterocycles. The fourth-order valence-electron chi connectivity index (χ4n) is 5.75. The van der Waals surface area contributed by atoms with Crippen LogP contribution in [0.5, 0.6) is 0 Å². The molecule has 0 aliphatic heterocycles. The highest BCUT2D eigenvalue weighted by Crippen LogP contribution is 2.43. The molecule has 0 rings (SSSR count). The Morgan fingerprint density at radius 3 is 1.00 bits per heavy atom. The molecule has 0 amide bonds. The summed E-state index contributed by atoms with van der Waals surface area (Å²) in [5, 5.41) is 0. The van der Waals surface area contributed by atoms with Gasteiger partial charge < -0.3 is 0 Å². The Balaban J connectivity index is 6.18. The highest BCUT2D eigenvalue weighted by atomic mass is 29.9. The van der Waals surface area contributed by atoms with E-state index in [1.54, 1.807) is 0 Å². The SMILES string of the molecule is C#C[Si]([Si](C)(C)CCCC)([Si](C)(C)CCCC)[Si](C)(C)CCCC. The van der Waals surface area contributed by atoms with Crippen LogP contribution in [0.1, 0.15) is 59.3 Å². The van der Waals surface area contributed by atoms with E-state index in [2.05, 4.69) is 65.6 Å². The van der Waals surface area contributed by atoms with Gasteiger partial charge in [0.15, 0.2) is 0 Å². The van der Waals surface area contributed by atoms with Gasteiger partial charge in [-0.3, -0.25) is 0 Å². The van der Waals surface area contributed by atoms with Gasteiger partial charge in [0.05, 0.1) is 22.8 Å². The third kappa shape index (κ3) is 4.99. The maximum absolute atomic E-state index is 6.60. The van der Waals surface area contributed by atoms with Crippen molar-refractivity contribution >= 4 is 29.4 Å². The van der Waals surface area contributed by atoms with Gasteiger partial charge in [-0.15, -0.1) is 12.0 Å². The van der Waals surface area contributed by atoms with Gasteiger partial charge in [-0.25, -0.2) is 0 Å². The first kappa shape index (κ1) is 24.4. The van der Waals surface area contributed by atoms with Crippen LogP contribution in [-0.2, 0) is 0 Å². The standard InChI is InChI=1S/C20H46Si4/c1-11-15-18-21(5,6)24(14-4,22(7,8)19-16-12-2)23(9,10)20-17-13-3/h4H,11-13,15-20H2,1-3,5-10H3. The summed E-state index contributed by atoms with van der Waals surface area (Å²) in [6, 6.07) is 4.47. The zero-order valence-electron chi connectivity index (χ0n) is 18.4. The largest absolute Gasteiger partial charge is 0.144 e. The molecule has 0 aliphatic rings. The van der Waals surface area contributed by atoms with Gasteiger partial charge in [0, 0.05) is 0 Å². The molecule has 0 spiro atoms. The summed E-state index contributed by atoms with van der Waals surface area (Å²) in [4.78, 5) is 0. The van der Waals surface area contributed by atoms with Gasteiger partial charge in [0.1, 0.15) is 6.63 Å². The summed E-state index contributed by atoms with van der Waals surface area (Å²) in [7, 11) is -4.05. The molecule has 0 atom stereocenters. The third-order valence-electron chi connectivity index (χ3n) is 6.73. The highest BCUT2D eigenvalue weighted by Gasteiger charge is 2.64. The lowest BCUT2D eigenvalue weighted by atomic mass is 10.4. The topological polar surface area (TPSA) is 0 Å². The summed E-state index contributed by atoms with van der Waals surface area (Å²) in [6.45, 7) is 21.7. The number of unbranched alkanes of at least 4 members (excludes halogenated alkanes) is 3. The average Bonchev–Trinajstić information content (AvgIpc) is 2.49. The van der Waals surface area contributed by atoms with Crippen LogP contribution in [0, 0.1) is 12.0 Å². The van der Waals surface area contributed by atoms with Crippen molar-refractivity contribution in [1.29, 1.82) is 0 Å². The van der Waals surface area contributed by atoms with Crippen LogP contribution in [0.25, 0.3) is 0 Å². The van der Waals surface area contributed by atoms with Crippen LogP contribution in [0.2, 0.25) is 57.4 Å². The average molecular weight is 399 g/mol. The summed E-state index contributed by atoms with van der Waals surface area (Å²) >= 11 is 0. The van der Waals surface area contributed by atoms with Crippen LogP contribution in [0.3, 0.4) is 0 Å². The zero-order chi connectivity index (χ0) is 19.1. The molecular weight excluding hydrogens is 353 g/mol. The van der Waals surface area contributed by atoms with E-state index in [1.165, 1.54) is 56.7 Å². The van der Waals surface area contributed by atoms with Crippen LogP contribution in [-0.4, -0.2) is 29.4 Å². The summed E-state index contributed by atoms with van der Waals surface area (Å²) in [5.41, 5.74) is 3.79. The van der Waals surface area contributed by atoms with Gasteiger partial charge >= 0.3 is 0 Å². The molecule has 142 valence electrons. The van der Waals surface area contributed by atoms with Gasteiger partial charge in [0.2, 0.25) is 0 Å². The molecule has 0 fully saturated rings. The number of hydrogen-bond donors (Lipinski definition) is 0. The van der Waals surface area contributed by atoms with E-state index >= 15 is 0 Å². The molecule has 4 heteroatoms. The van der Waals surface area contributed by atoms with Crippen LogP contribution < -0.4 is 0 Å². The molecule has 0 saturated carbocycles. The summed E-state index contributed by atoms with van der Waals surface area (Å²) in [6.07, 6.45) is 14.8. The Kier molecular flexibility index (Phi) is 10.1. The second kappa shape index (κ2) is 9.94.